The van der Waals surface area contributed by atoms with E-state index in [2.05, 4.69) is 0 Å². The topological polar surface area (TPSA) is 33.1 Å². The zero-order chi connectivity index (χ0) is 24.3. The molecule has 0 saturated carbocycles. The molecule has 0 aliphatic rings. The van der Waals surface area contributed by atoms with Gasteiger partial charge in [0.25, 0.3) is 0 Å². The molecule has 2 aromatic carbocycles. The SMILES string of the molecule is CC(C)c1nc(C(C)C)c(CSc2ccccc2C(F)(F)F)c(-c2ccc(F)cc2)c1CO. The second-order valence-corrected chi connectivity index (χ2v) is 9.49. The Morgan fingerprint density at radius 3 is 2.00 bits per heavy atom. The van der Waals surface area contributed by atoms with Gasteiger partial charge < -0.3 is 5.11 Å². The standard InChI is InChI=1S/C26H27F4NOS/c1-15(2)24-19(13-32)23(17-9-11-18(27)12-10-17)20(25(31-24)16(3)4)14-33-22-8-6-5-7-21(22)26(28,29)30/h5-12,15-16,32H,13-14H2,1-4H3. The van der Waals surface area contributed by atoms with Crippen molar-refractivity contribution in [3.8, 4) is 11.1 Å². The number of alkyl halides is 3. The Kier molecular flexibility index (Phi) is 7.85. The number of hydrogen-bond acceptors (Lipinski definition) is 3. The summed E-state index contributed by atoms with van der Waals surface area (Å²) in [6.45, 7) is 7.65. The van der Waals surface area contributed by atoms with Crippen LogP contribution in [0.3, 0.4) is 0 Å². The predicted molar refractivity (Wildman–Crippen MR) is 125 cm³/mol. The number of aromatic nitrogens is 1. The van der Waals surface area contributed by atoms with Gasteiger partial charge in [0.05, 0.1) is 12.2 Å². The van der Waals surface area contributed by atoms with Gasteiger partial charge in [0.15, 0.2) is 0 Å². The van der Waals surface area contributed by atoms with E-state index in [1.54, 1.807) is 18.2 Å². The van der Waals surface area contributed by atoms with Crippen molar-refractivity contribution in [1.29, 1.82) is 0 Å². The number of nitrogens with zero attached hydrogens (tertiary/aromatic N) is 1. The van der Waals surface area contributed by atoms with Crippen LogP contribution in [0.2, 0.25) is 0 Å². The summed E-state index contributed by atoms with van der Waals surface area (Å²) < 4.78 is 54.2. The van der Waals surface area contributed by atoms with Gasteiger partial charge in [-0.25, -0.2) is 4.39 Å². The second-order valence-electron chi connectivity index (χ2n) is 8.47. The Morgan fingerprint density at radius 1 is 0.879 bits per heavy atom. The van der Waals surface area contributed by atoms with Crippen molar-refractivity contribution in [3.63, 3.8) is 0 Å². The first-order valence-corrected chi connectivity index (χ1v) is 11.7. The Morgan fingerprint density at radius 2 is 1.45 bits per heavy atom. The lowest BCUT2D eigenvalue weighted by molar-refractivity contribution is -0.139. The van der Waals surface area contributed by atoms with Gasteiger partial charge in [0, 0.05) is 27.6 Å². The van der Waals surface area contributed by atoms with Crippen LogP contribution in [-0.4, -0.2) is 10.1 Å². The van der Waals surface area contributed by atoms with Crippen molar-refractivity contribution in [2.45, 2.75) is 63.0 Å². The molecule has 0 aliphatic heterocycles. The van der Waals surface area contributed by atoms with E-state index < -0.39 is 11.7 Å². The molecule has 2 nitrogen and oxygen atoms in total. The number of aliphatic hydroxyl groups excluding tert-OH is 1. The van der Waals surface area contributed by atoms with E-state index in [9.17, 15) is 22.7 Å². The maximum Gasteiger partial charge on any atom is 0.417 e. The van der Waals surface area contributed by atoms with Gasteiger partial charge in [0.2, 0.25) is 0 Å². The van der Waals surface area contributed by atoms with E-state index in [0.29, 0.717) is 11.1 Å². The maximum atomic E-state index is 13.7. The number of halogens is 4. The first kappa shape index (κ1) is 25.2. The van der Waals surface area contributed by atoms with Crippen LogP contribution in [0.4, 0.5) is 17.6 Å². The lowest BCUT2D eigenvalue weighted by atomic mass is 9.88. The Balaban J connectivity index is 2.22. The van der Waals surface area contributed by atoms with Crippen molar-refractivity contribution in [1.82, 2.24) is 4.98 Å². The van der Waals surface area contributed by atoms with Crippen LogP contribution in [0, 0.1) is 5.82 Å². The number of thioether (sulfide) groups is 1. The fourth-order valence-corrected chi connectivity index (χ4v) is 5.01. The fraction of sp³-hybridized carbons (Fsp3) is 0.346. The van der Waals surface area contributed by atoms with E-state index in [1.807, 2.05) is 27.7 Å². The highest BCUT2D eigenvalue weighted by molar-refractivity contribution is 7.98. The third-order valence-electron chi connectivity index (χ3n) is 5.41. The summed E-state index contributed by atoms with van der Waals surface area (Å²) in [6.07, 6.45) is -4.46. The van der Waals surface area contributed by atoms with Crippen molar-refractivity contribution in [2.24, 2.45) is 0 Å². The van der Waals surface area contributed by atoms with Gasteiger partial charge in [-0.05, 0) is 52.8 Å². The monoisotopic (exact) mass is 477 g/mol. The lowest BCUT2D eigenvalue weighted by Gasteiger charge is -2.24. The van der Waals surface area contributed by atoms with Crippen LogP contribution in [0.1, 0.15) is 67.6 Å². The lowest BCUT2D eigenvalue weighted by Crippen LogP contribution is -2.12. The molecule has 0 fully saturated rings. The molecule has 0 spiro atoms. The molecule has 0 saturated heterocycles. The minimum Gasteiger partial charge on any atom is -0.392 e. The zero-order valence-corrected chi connectivity index (χ0v) is 19.8. The summed E-state index contributed by atoms with van der Waals surface area (Å²) in [4.78, 5) is 4.99. The summed E-state index contributed by atoms with van der Waals surface area (Å²) in [5.41, 5.74) is 3.63. The van der Waals surface area contributed by atoms with Gasteiger partial charge in [0.1, 0.15) is 5.82 Å². The highest BCUT2D eigenvalue weighted by atomic mass is 32.2. The molecular formula is C26H27F4NOS. The van der Waals surface area contributed by atoms with Crippen molar-refractivity contribution < 1.29 is 22.7 Å². The first-order chi connectivity index (χ1) is 15.5. The van der Waals surface area contributed by atoms with E-state index in [4.69, 9.17) is 4.98 Å². The van der Waals surface area contributed by atoms with Crippen molar-refractivity contribution >= 4 is 11.8 Å². The molecule has 1 heterocycles. The molecule has 7 heteroatoms. The largest absolute Gasteiger partial charge is 0.417 e. The molecule has 0 radical (unpaired) electrons. The van der Waals surface area contributed by atoms with Crippen LogP contribution in [0.15, 0.2) is 53.4 Å². The zero-order valence-electron chi connectivity index (χ0n) is 19.0. The van der Waals surface area contributed by atoms with E-state index >= 15 is 0 Å². The predicted octanol–water partition coefficient (Wildman–Crippen LogP) is 7.94. The Hall–Kier alpha value is -2.38. The molecule has 0 bridgehead atoms. The van der Waals surface area contributed by atoms with Gasteiger partial charge >= 0.3 is 6.18 Å². The molecule has 3 aromatic rings. The molecule has 3 rings (SSSR count). The highest BCUT2D eigenvalue weighted by Gasteiger charge is 2.33. The summed E-state index contributed by atoms with van der Waals surface area (Å²) in [6, 6.07) is 11.5. The molecule has 176 valence electrons. The smallest absolute Gasteiger partial charge is 0.392 e. The Labute approximate surface area is 196 Å². The maximum absolute atomic E-state index is 13.7. The average Bonchev–Trinajstić information content (AvgIpc) is 2.76. The summed E-state index contributed by atoms with van der Waals surface area (Å²) >= 11 is 1.09. The number of aliphatic hydroxyl groups is 1. The van der Waals surface area contributed by atoms with Gasteiger partial charge in [-0.1, -0.05) is 52.0 Å². The minimum absolute atomic E-state index is 0.00269. The summed E-state index contributed by atoms with van der Waals surface area (Å²) in [7, 11) is 0. The number of pyridine rings is 1. The number of rotatable bonds is 7. The van der Waals surface area contributed by atoms with Crippen molar-refractivity contribution in [2.75, 3.05) is 0 Å². The van der Waals surface area contributed by atoms with E-state index in [-0.39, 0.29) is 34.9 Å². The third-order valence-corrected chi connectivity index (χ3v) is 6.51. The van der Waals surface area contributed by atoms with Gasteiger partial charge in [-0.3, -0.25) is 4.98 Å². The third kappa shape index (κ3) is 5.58. The van der Waals surface area contributed by atoms with Crippen LogP contribution in [-0.2, 0) is 18.5 Å². The normalized spacial score (nSPS) is 12.1. The van der Waals surface area contributed by atoms with E-state index in [0.717, 1.165) is 40.3 Å². The molecule has 0 atom stereocenters. The quantitative estimate of drug-likeness (QED) is 0.277. The fourth-order valence-electron chi connectivity index (χ4n) is 3.91. The van der Waals surface area contributed by atoms with Crippen LogP contribution in [0.5, 0.6) is 0 Å². The molecule has 0 amide bonds. The summed E-state index contributed by atoms with van der Waals surface area (Å²) in [5.74, 6) is -0.132. The number of hydrogen-bond donors (Lipinski definition) is 1. The van der Waals surface area contributed by atoms with Crippen LogP contribution in [0.25, 0.3) is 11.1 Å². The second kappa shape index (κ2) is 10.3. The average molecular weight is 478 g/mol. The van der Waals surface area contributed by atoms with Crippen LogP contribution >= 0.6 is 11.8 Å². The summed E-state index contributed by atoms with van der Waals surface area (Å²) in [5, 5.41) is 10.3. The van der Waals surface area contributed by atoms with Crippen LogP contribution < -0.4 is 0 Å². The molecule has 0 unspecified atom stereocenters. The number of benzene rings is 2. The molecule has 1 N–H and O–H groups in total. The molecule has 1 aromatic heterocycles. The minimum atomic E-state index is -4.46. The van der Waals surface area contributed by atoms with Gasteiger partial charge in [-0.15, -0.1) is 11.8 Å². The first-order valence-electron chi connectivity index (χ1n) is 10.8. The molecule has 0 aliphatic carbocycles. The van der Waals surface area contributed by atoms with Gasteiger partial charge in [-0.2, -0.15) is 13.2 Å². The molecule has 33 heavy (non-hydrogen) atoms. The molecular weight excluding hydrogens is 450 g/mol. The highest BCUT2D eigenvalue weighted by Crippen LogP contribution is 2.42. The van der Waals surface area contributed by atoms with E-state index in [1.165, 1.54) is 24.3 Å². The Bertz CT molecular complexity index is 1110. The van der Waals surface area contributed by atoms with Crippen molar-refractivity contribution in [3.05, 3.63) is 82.4 Å².